The SMILES string of the molecule is CCCN(CCO)Cc1cc2c(cc1N)OCCO2. The van der Waals surface area contributed by atoms with Crippen LogP contribution < -0.4 is 15.2 Å². The number of aliphatic hydroxyl groups excluding tert-OH is 1. The van der Waals surface area contributed by atoms with Crippen LogP contribution in [0, 0.1) is 0 Å². The van der Waals surface area contributed by atoms with Gasteiger partial charge in [-0.05, 0) is 24.6 Å². The number of benzene rings is 1. The molecule has 3 N–H and O–H groups in total. The number of ether oxygens (including phenoxy) is 2. The molecule has 0 saturated carbocycles. The molecule has 19 heavy (non-hydrogen) atoms. The second kappa shape index (κ2) is 6.63. The van der Waals surface area contributed by atoms with Gasteiger partial charge in [-0.2, -0.15) is 0 Å². The minimum absolute atomic E-state index is 0.157. The molecule has 1 aromatic rings. The third-order valence-corrected chi connectivity index (χ3v) is 3.15. The van der Waals surface area contributed by atoms with Crippen LogP contribution in [0.3, 0.4) is 0 Å². The molecule has 106 valence electrons. The van der Waals surface area contributed by atoms with Crippen LogP contribution in [0.15, 0.2) is 12.1 Å². The highest BCUT2D eigenvalue weighted by Crippen LogP contribution is 2.34. The molecule has 0 aliphatic carbocycles. The van der Waals surface area contributed by atoms with E-state index in [0.717, 1.165) is 36.6 Å². The molecule has 1 aliphatic heterocycles. The first-order chi connectivity index (χ1) is 9.24. The fourth-order valence-electron chi connectivity index (χ4n) is 2.25. The summed E-state index contributed by atoms with van der Waals surface area (Å²) < 4.78 is 11.1. The van der Waals surface area contributed by atoms with E-state index in [2.05, 4.69) is 11.8 Å². The Labute approximate surface area is 113 Å². The maximum atomic E-state index is 9.09. The molecular formula is C14H22N2O3. The molecule has 0 aromatic heterocycles. The van der Waals surface area contributed by atoms with Gasteiger partial charge < -0.3 is 20.3 Å². The quantitative estimate of drug-likeness (QED) is 0.758. The Bertz CT molecular complexity index is 417. The van der Waals surface area contributed by atoms with Crippen LogP contribution >= 0.6 is 0 Å². The highest BCUT2D eigenvalue weighted by molar-refractivity contribution is 5.58. The molecular weight excluding hydrogens is 244 g/mol. The average molecular weight is 266 g/mol. The van der Waals surface area contributed by atoms with Gasteiger partial charge in [0.05, 0.1) is 6.61 Å². The summed E-state index contributed by atoms with van der Waals surface area (Å²) >= 11 is 0. The smallest absolute Gasteiger partial charge is 0.163 e. The van der Waals surface area contributed by atoms with E-state index in [1.54, 1.807) is 0 Å². The zero-order chi connectivity index (χ0) is 13.7. The third kappa shape index (κ3) is 3.52. The van der Waals surface area contributed by atoms with E-state index in [4.69, 9.17) is 20.3 Å². The monoisotopic (exact) mass is 266 g/mol. The van der Waals surface area contributed by atoms with E-state index < -0.39 is 0 Å². The molecule has 5 nitrogen and oxygen atoms in total. The predicted molar refractivity (Wildman–Crippen MR) is 74.5 cm³/mol. The Hall–Kier alpha value is -1.46. The third-order valence-electron chi connectivity index (χ3n) is 3.15. The standard InChI is InChI=1S/C14H22N2O3/c1-2-3-16(4-5-17)10-11-8-13-14(9-12(11)15)19-7-6-18-13/h8-9,17H,2-7,10,15H2,1H3. The van der Waals surface area contributed by atoms with Crippen molar-refractivity contribution in [1.29, 1.82) is 0 Å². The summed E-state index contributed by atoms with van der Waals surface area (Å²) in [4.78, 5) is 2.18. The number of anilines is 1. The first kappa shape index (κ1) is 14.0. The van der Waals surface area contributed by atoms with Crippen LogP contribution in [0.2, 0.25) is 0 Å². The summed E-state index contributed by atoms with van der Waals surface area (Å²) in [5.74, 6) is 1.48. The molecule has 0 bridgehead atoms. The molecule has 2 rings (SSSR count). The molecule has 0 atom stereocenters. The summed E-state index contributed by atoms with van der Waals surface area (Å²) in [5.41, 5.74) is 7.79. The van der Waals surface area contributed by atoms with E-state index in [9.17, 15) is 0 Å². The maximum absolute atomic E-state index is 9.09. The van der Waals surface area contributed by atoms with E-state index in [-0.39, 0.29) is 6.61 Å². The predicted octanol–water partition coefficient (Wildman–Crippen LogP) is 1.24. The lowest BCUT2D eigenvalue weighted by Crippen LogP contribution is -2.27. The number of aliphatic hydroxyl groups is 1. The minimum atomic E-state index is 0.157. The summed E-state index contributed by atoms with van der Waals surface area (Å²) in [6.45, 7) is 5.74. The zero-order valence-electron chi connectivity index (χ0n) is 11.4. The van der Waals surface area contributed by atoms with Crippen LogP contribution in [0.5, 0.6) is 11.5 Å². The van der Waals surface area contributed by atoms with Gasteiger partial charge in [0, 0.05) is 24.8 Å². The van der Waals surface area contributed by atoms with Crippen LogP contribution in [0.4, 0.5) is 5.69 Å². The molecule has 0 fully saturated rings. The summed E-state index contributed by atoms with van der Waals surface area (Å²) in [7, 11) is 0. The van der Waals surface area contributed by atoms with Gasteiger partial charge in [-0.1, -0.05) is 6.92 Å². The normalized spacial score (nSPS) is 13.8. The van der Waals surface area contributed by atoms with E-state index >= 15 is 0 Å². The van der Waals surface area contributed by atoms with E-state index in [1.165, 1.54) is 0 Å². The van der Waals surface area contributed by atoms with Crippen molar-refractivity contribution >= 4 is 5.69 Å². The van der Waals surface area contributed by atoms with Crippen molar-refractivity contribution in [3.8, 4) is 11.5 Å². The minimum Gasteiger partial charge on any atom is -0.486 e. The van der Waals surface area contributed by atoms with Crippen molar-refractivity contribution in [2.75, 3.05) is 38.6 Å². The number of fused-ring (bicyclic) bond motifs is 1. The molecule has 0 spiro atoms. The van der Waals surface area contributed by atoms with Gasteiger partial charge >= 0.3 is 0 Å². The molecule has 0 amide bonds. The van der Waals surface area contributed by atoms with Crippen molar-refractivity contribution < 1.29 is 14.6 Å². The fourth-order valence-corrected chi connectivity index (χ4v) is 2.25. The molecule has 5 heteroatoms. The van der Waals surface area contributed by atoms with Gasteiger partial charge in [-0.15, -0.1) is 0 Å². The molecule has 0 radical (unpaired) electrons. The summed E-state index contributed by atoms with van der Waals surface area (Å²) in [6, 6.07) is 3.77. The van der Waals surface area contributed by atoms with Gasteiger partial charge in [-0.25, -0.2) is 0 Å². The lowest BCUT2D eigenvalue weighted by atomic mass is 10.1. The molecule has 0 saturated heterocycles. The number of hydrogen-bond donors (Lipinski definition) is 2. The van der Waals surface area contributed by atoms with Crippen molar-refractivity contribution in [2.24, 2.45) is 0 Å². The highest BCUT2D eigenvalue weighted by Gasteiger charge is 2.16. The van der Waals surface area contributed by atoms with Crippen molar-refractivity contribution in [3.05, 3.63) is 17.7 Å². The lowest BCUT2D eigenvalue weighted by Gasteiger charge is -2.24. The Kier molecular flexibility index (Phi) is 4.87. The Balaban J connectivity index is 2.14. The summed E-state index contributed by atoms with van der Waals surface area (Å²) in [6.07, 6.45) is 1.05. The highest BCUT2D eigenvalue weighted by atomic mass is 16.6. The second-order valence-corrected chi connectivity index (χ2v) is 4.69. The van der Waals surface area contributed by atoms with Crippen LogP contribution in [-0.2, 0) is 6.54 Å². The Morgan fingerprint density at radius 3 is 2.53 bits per heavy atom. The van der Waals surface area contributed by atoms with Crippen molar-refractivity contribution in [2.45, 2.75) is 19.9 Å². The molecule has 1 aromatic carbocycles. The molecule has 1 heterocycles. The fraction of sp³-hybridized carbons (Fsp3) is 0.571. The van der Waals surface area contributed by atoms with Gasteiger partial charge in [-0.3, -0.25) is 4.90 Å². The Morgan fingerprint density at radius 1 is 1.21 bits per heavy atom. The molecule has 1 aliphatic rings. The van der Waals surface area contributed by atoms with E-state index in [1.807, 2.05) is 12.1 Å². The number of nitrogens with zero attached hydrogens (tertiary/aromatic N) is 1. The average Bonchev–Trinajstić information content (AvgIpc) is 2.40. The maximum Gasteiger partial charge on any atom is 0.163 e. The largest absolute Gasteiger partial charge is 0.486 e. The topological polar surface area (TPSA) is 68.0 Å². The van der Waals surface area contributed by atoms with Gasteiger partial charge in [0.2, 0.25) is 0 Å². The second-order valence-electron chi connectivity index (χ2n) is 4.69. The molecule has 0 unspecified atom stereocenters. The first-order valence-corrected chi connectivity index (χ1v) is 6.75. The first-order valence-electron chi connectivity index (χ1n) is 6.75. The van der Waals surface area contributed by atoms with Crippen LogP contribution in [-0.4, -0.2) is 42.9 Å². The van der Waals surface area contributed by atoms with Gasteiger partial charge in [0.1, 0.15) is 13.2 Å². The number of rotatable bonds is 6. The zero-order valence-corrected chi connectivity index (χ0v) is 11.4. The van der Waals surface area contributed by atoms with Gasteiger partial charge in [0.15, 0.2) is 11.5 Å². The van der Waals surface area contributed by atoms with Gasteiger partial charge in [0.25, 0.3) is 0 Å². The summed E-state index contributed by atoms with van der Waals surface area (Å²) in [5, 5.41) is 9.09. The van der Waals surface area contributed by atoms with Crippen LogP contribution in [0.25, 0.3) is 0 Å². The van der Waals surface area contributed by atoms with Crippen LogP contribution in [0.1, 0.15) is 18.9 Å². The number of nitrogen functional groups attached to an aromatic ring is 1. The Morgan fingerprint density at radius 2 is 1.89 bits per heavy atom. The number of nitrogens with two attached hydrogens (primary N) is 1. The van der Waals surface area contributed by atoms with Crippen molar-refractivity contribution in [3.63, 3.8) is 0 Å². The number of hydrogen-bond acceptors (Lipinski definition) is 5. The van der Waals surface area contributed by atoms with Crippen molar-refractivity contribution in [1.82, 2.24) is 4.90 Å². The lowest BCUT2D eigenvalue weighted by molar-refractivity contribution is 0.170. The van der Waals surface area contributed by atoms with E-state index in [0.29, 0.717) is 25.4 Å².